The molecule has 2 aliphatic rings. The summed E-state index contributed by atoms with van der Waals surface area (Å²) in [6.45, 7) is 14.2. The average Bonchev–Trinajstić information content (AvgIpc) is 2.58. The van der Waals surface area contributed by atoms with Crippen molar-refractivity contribution in [3.05, 3.63) is 48.3 Å². The van der Waals surface area contributed by atoms with Crippen molar-refractivity contribution >= 4 is 16.6 Å². The first-order valence-corrected chi connectivity index (χ1v) is 9.27. The van der Waals surface area contributed by atoms with Gasteiger partial charge in [-0.1, -0.05) is 39.0 Å². The number of rotatable bonds is 2. The Morgan fingerprint density at radius 2 is 1.75 bits per heavy atom. The lowest BCUT2D eigenvalue weighted by molar-refractivity contribution is -0.735. The van der Waals surface area contributed by atoms with E-state index in [1.54, 1.807) is 0 Å². The summed E-state index contributed by atoms with van der Waals surface area (Å²) in [6.07, 6.45) is 9.22. The average molecular weight is 321 g/mol. The Morgan fingerprint density at radius 3 is 2.42 bits per heavy atom. The normalized spacial score (nSPS) is 30.0. The van der Waals surface area contributed by atoms with Crippen LogP contribution in [0.5, 0.6) is 0 Å². The molecule has 0 radical (unpaired) electrons. The van der Waals surface area contributed by atoms with Crippen molar-refractivity contribution in [2.75, 3.05) is 4.90 Å². The Hall–Kier alpha value is -1.83. The molecule has 2 aliphatic heterocycles. The van der Waals surface area contributed by atoms with Gasteiger partial charge in [0, 0.05) is 11.5 Å². The fourth-order valence-corrected chi connectivity index (χ4v) is 4.96. The molecule has 24 heavy (non-hydrogen) atoms. The molecule has 1 aromatic carbocycles. The predicted octanol–water partition coefficient (Wildman–Crippen LogP) is 5.05. The van der Waals surface area contributed by atoms with Crippen LogP contribution in [0.1, 0.15) is 59.9 Å². The second-order valence-electron chi connectivity index (χ2n) is 8.43. The van der Waals surface area contributed by atoms with Gasteiger partial charge < -0.3 is 0 Å². The van der Waals surface area contributed by atoms with Crippen molar-refractivity contribution in [3.8, 4) is 0 Å². The third-order valence-electron chi connectivity index (χ3n) is 7.14. The van der Waals surface area contributed by atoms with Crippen LogP contribution in [0.2, 0.25) is 0 Å². The van der Waals surface area contributed by atoms with Gasteiger partial charge in [0.2, 0.25) is 0 Å². The zero-order valence-corrected chi connectivity index (χ0v) is 15.9. The second-order valence-corrected chi connectivity index (χ2v) is 8.43. The van der Waals surface area contributed by atoms with Gasteiger partial charge in [-0.3, -0.25) is 0 Å². The van der Waals surface area contributed by atoms with Gasteiger partial charge in [-0.05, 0) is 50.6 Å². The lowest BCUT2D eigenvalue weighted by atomic mass is 9.60. The molecule has 0 fully saturated rings. The highest BCUT2D eigenvalue weighted by molar-refractivity contribution is 5.97. The first-order valence-electron chi connectivity index (χ1n) is 9.27. The number of hydrogen-bond donors (Lipinski definition) is 0. The first kappa shape index (κ1) is 15.7. The summed E-state index contributed by atoms with van der Waals surface area (Å²) in [5, 5.41) is 2.79. The van der Waals surface area contributed by atoms with Gasteiger partial charge in [-0.25, -0.2) is 9.47 Å². The Kier molecular flexibility index (Phi) is 3.02. The molecule has 126 valence electrons. The Balaban J connectivity index is 2.22. The van der Waals surface area contributed by atoms with Crippen molar-refractivity contribution in [2.45, 2.75) is 70.9 Å². The molecule has 4 rings (SSSR count). The fourth-order valence-electron chi connectivity index (χ4n) is 4.96. The van der Waals surface area contributed by atoms with E-state index < -0.39 is 0 Å². The molecule has 2 aromatic rings. The first-order chi connectivity index (χ1) is 11.3. The maximum Gasteiger partial charge on any atom is 0.290 e. The van der Waals surface area contributed by atoms with E-state index in [2.05, 4.69) is 93.7 Å². The van der Waals surface area contributed by atoms with Crippen LogP contribution in [-0.2, 0) is 11.0 Å². The predicted molar refractivity (Wildman–Crippen MR) is 101 cm³/mol. The van der Waals surface area contributed by atoms with Crippen LogP contribution < -0.4 is 9.47 Å². The van der Waals surface area contributed by atoms with E-state index in [4.69, 9.17) is 0 Å². The van der Waals surface area contributed by atoms with E-state index in [9.17, 15) is 0 Å². The summed E-state index contributed by atoms with van der Waals surface area (Å²) in [4.78, 5) is 2.57. The van der Waals surface area contributed by atoms with Gasteiger partial charge in [0.25, 0.3) is 5.82 Å². The van der Waals surface area contributed by atoms with E-state index in [1.807, 2.05) is 0 Å². The number of nitrogens with zero attached hydrogens (tertiary/aromatic N) is 2. The molecule has 0 bridgehead atoms. The minimum atomic E-state index is 0.00173. The third kappa shape index (κ3) is 1.60. The fraction of sp³-hybridized carbons (Fsp3) is 0.500. The molecule has 2 nitrogen and oxygen atoms in total. The van der Waals surface area contributed by atoms with E-state index >= 15 is 0 Å². The van der Waals surface area contributed by atoms with Gasteiger partial charge >= 0.3 is 0 Å². The number of pyridine rings is 1. The number of aromatic nitrogens is 1. The minimum Gasteiger partial charge on any atom is -0.228 e. The molecule has 0 saturated heterocycles. The standard InChI is InChI=1S/C22H29N2/c1-7-21(5)17-11-9-10-16-12-14-23-19(18(16)17)24(22(21,6)8-2)15-13-20(23,3)4/h9-15H,7-8H2,1-6H3/q+1. The Morgan fingerprint density at radius 1 is 1.00 bits per heavy atom. The highest BCUT2D eigenvalue weighted by Gasteiger charge is 2.58. The van der Waals surface area contributed by atoms with Crippen LogP contribution >= 0.6 is 0 Å². The summed E-state index contributed by atoms with van der Waals surface area (Å²) in [6, 6.07) is 9.14. The van der Waals surface area contributed by atoms with Crippen molar-refractivity contribution < 1.29 is 4.57 Å². The van der Waals surface area contributed by atoms with Gasteiger partial charge in [0.1, 0.15) is 11.1 Å². The number of benzene rings is 1. The molecular weight excluding hydrogens is 292 g/mol. The zero-order chi connectivity index (χ0) is 17.3. The number of anilines is 1. The van der Waals surface area contributed by atoms with Crippen molar-refractivity contribution in [2.24, 2.45) is 0 Å². The maximum atomic E-state index is 2.57. The molecule has 0 saturated carbocycles. The molecule has 0 amide bonds. The number of allylic oxidation sites excluding steroid dienone is 1. The van der Waals surface area contributed by atoms with E-state index in [-0.39, 0.29) is 16.5 Å². The van der Waals surface area contributed by atoms with Crippen molar-refractivity contribution in [1.82, 2.24) is 0 Å². The third-order valence-corrected chi connectivity index (χ3v) is 7.14. The highest BCUT2D eigenvalue weighted by atomic mass is 15.3. The van der Waals surface area contributed by atoms with Crippen LogP contribution in [0.3, 0.4) is 0 Å². The van der Waals surface area contributed by atoms with Crippen LogP contribution in [0.15, 0.2) is 42.7 Å². The lowest BCUT2D eigenvalue weighted by Crippen LogP contribution is -2.67. The van der Waals surface area contributed by atoms with Gasteiger partial charge in [0.05, 0.1) is 17.8 Å². The Bertz CT molecular complexity index is 864. The maximum absolute atomic E-state index is 2.57. The summed E-state index contributed by atoms with van der Waals surface area (Å²) >= 11 is 0. The van der Waals surface area contributed by atoms with Crippen LogP contribution in [-0.4, -0.2) is 5.54 Å². The second kappa shape index (κ2) is 4.62. The molecule has 0 N–H and O–H groups in total. The molecule has 0 aliphatic carbocycles. The van der Waals surface area contributed by atoms with Crippen molar-refractivity contribution in [1.29, 1.82) is 0 Å². The van der Waals surface area contributed by atoms with Gasteiger partial charge in [-0.15, -0.1) is 0 Å². The summed E-state index contributed by atoms with van der Waals surface area (Å²) in [5.74, 6) is 1.37. The van der Waals surface area contributed by atoms with Crippen LogP contribution in [0.4, 0.5) is 5.82 Å². The van der Waals surface area contributed by atoms with Crippen molar-refractivity contribution in [3.63, 3.8) is 0 Å². The topological polar surface area (TPSA) is 7.12 Å². The molecule has 2 heteroatoms. The monoisotopic (exact) mass is 321 g/mol. The molecular formula is C22H29N2+. The molecule has 0 spiro atoms. The molecule has 2 atom stereocenters. The quantitative estimate of drug-likeness (QED) is 0.702. The SMILES string of the molecule is CCC1(C)c2cccc3cc[n+]4c(c23)N(C=CC4(C)C)C1(C)CC. The van der Waals surface area contributed by atoms with Gasteiger partial charge in [-0.2, -0.15) is 0 Å². The highest BCUT2D eigenvalue weighted by Crippen LogP contribution is 2.54. The van der Waals surface area contributed by atoms with Crippen LogP contribution in [0, 0.1) is 0 Å². The molecule has 1 aromatic heterocycles. The summed E-state index contributed by atoms with van der Waals surface area (Å²) in [5.41, 5.74) is 1.71. The summed E-state index contributed by atoms with van der Waals surface area (Å²) in [7, 11) is 0. The largest absolute Gasteiger partial charge is 0.290 e. The zero-order valence-electron chi connectivity index (χ0n) is 15.9. The smallest absolute Gasteiger partial charge is 0.228 e. The molecule has 2 unspecified atom stereocenters. The van der Waals surface area contributed by atoms with E-state index in [0.717, 1.165) is 12.8 Å². The number of hydrogen-bond acceptors (Lipinski definition) is 1. The Labute approximate surface area is 145 Å². The van der Waals surface area contributed by atoms with E-state index in [1.165, 1.54) is 22.2 Å². The minimum absolute atomic E-state index is 0.00173. The summed E-state index contributed by atoms with van der Waals surface area (Å²) < 4.78 is 2.46. The lowest BCUT2D eigenvalue weighted by Gasteiger charge is -2.53. The molecule has 3 heterocycles. The van der Waals surface area contributed by atoms with E-state index in [0.29, 0.717) is 0 Å². The van der Waals surface area contributed by atoms with Crippen LogP contribution in [0.25, 0.3) is 10.8 Å². The van der Waals surface area contributed by atoms with Gasteiger partial charge in [0.15, 0.2) is 0 Å².